The summed E-state index contributed by atoms with van der Waals surface area (Å²) in [7, 11) is 0. The van der Waals surface area contributed by atoms with Gasteiger partial charge in [0.25, 0.3) is 0 Å². The molecule has 2 nitrogen and oxygen atoms in total. The molecule has 1 heterocycles. The van der Waals surface area contributed by atoms with E-state index in [1.807, 2.05) is 6.07 Å². The molecule has 1 unspecified atom stereocenters. The van der Waals surface area contributed by atoms with Crippen molar-refractivity contribution in [1.29, 1.82) is 0 Å². The molecule has 0 bridgehead atoms. The summed E-state index contributed by atoms with van der Waals surface area (Å²) in [6.07, 6.45) is 0.698. The van der Waals surface area contributed by atoms with Crippen molar-refractivity contribution < 1.29 is 9.50 Å². The van der Waals surface area contributed by atoms with E-state index in [4.69, 9.17) is 5.11 Å². The van der Waals surface area contributed by atoms with Gasteiger partial charge in [-0.15, -0.1) is 0 Å². The first kappa shape index (κ1) is 9.62. The first-order chi connectivity index (χ1) is 6.81. The van der Waals surface area contributed by atoms with Crippen molar-refractivity contribution in [3.63, 3.8) is 0 Å². The Morgan fingerprint density at radius 1 is 1.50 bits per heavy atom. The maximum absolute atomic E-state index is 13.0. The number of hydrogen-bond acceptors (Lipinski definition) is 2. The molecule has 0 radical (unpaired) electrons. The molecule has 0 saturated carbocycles. The molecule has 2 rings (SSSR count). The van der Waals surface area contributed by atoms with E-state index in [1.165, 1.54) is 6.07 Å². The zero-order chi connectivity index (χ0) is 9.97. The van der Waals surface area contributed by atoms with E-state index in [9.17, 15) is 4.39 Å². The van der Waals surface area contributed by atoms with Crippen LogP contribution in [-0.4, -0.2) is 18.3 Å². The molecule has 1 aromatic carbocycles. The lowest BCUT2D eigenvalue weighted by Gasteiger charge is -2.25. The highest BCUT2D eigenvalue weighted by molar-refractivity contribution is 5.33. The highest BCUT2D eigenvalue weighted by Gasteiger charge is 2.19. The van der Waals surface area contributed by atoms with Crippen LogP contribution >= 0.6 is 0 Å². The van der Waals surface area contributed by atoms with Gasteiger partial charge in [-0.25, -0.2) is 4.39 Å². The standard InChI is InChI=1S/C11H14FNO/c12-10-2-1-8-6-13-7-9(3-4-14)11(8)5-10/h1-2,5,9,13-14H,3-4,6-7H2. The first-order valence-corrected chi connectivity index (χ1v) is 4.91. The number of fused-ring (bicyclic) bond motifs is 1. The van der Waals surface area contributed by atoms with Crippen LogP contribution in [-0.2, 0) is 6.54 Å². The van der Waals surface area contributed by atoms with Gasteiger partial charge in [-0.2, -0.15) is 0 Å². The summed E-state index contributed by atoms with van der Waals surface area (Å²) in [4.78, 5) is 0. The fraction of sp³-hybridized carbons (Fsp3) is 0.455. The SMILES string of the molecule is OCCC1CNCc2ccc(F)cc21. The quantitative estimate of drug-likeness (QED) is 0.747. The highest BCUT2D eigenvalue weighted by Crippen LogP contribution is 2.26. The molecule has 0 aliphatic carbocycles. The van der Waals surface area contributed by atoms with Crippen molar-refractivity contribution in [2.24, 2.45) is 0 Å². The van der Waals surface area contributed by atoms with Crippen LogP contribution in [0.25, 0.3) is 0 Å². The predicted octanol–water partition coefficient (Wildman–Crippen LogP) is 1.39. The van der Waals surface area contributed by atoms with Gasteiger partial charge in [-0.3, -0.25) is 0 Å². The van der Waals surface area contributed by atoms with Gasteiger partial charge in [0.15, 0.2) is 0 Å². The molecule has 1 atom stereocenters. The molecule has 3 heteroatoms. The Bertz CT molecular complexity index is 327. The zero-order valence-corrected chi connectivity index (χ0v) is 7.96. The third-order valence-electron chi connectivity index (χ3n) is 2.73. The molecule has 1 aliphatic heterocycles. The average molecular weight is 195 g/mol. The van der Waals surface area contributed by atoms with Crippen LogP contribution in [0.15, 0.2) is 18.2 Å². The lowest BCUT2D eigenvalue weighted by atomic mass is 9.89. The van der Waals surface area contributed by atoms with Crippen molar-refractivity contribution in [3.05, 3.63) is 35.1 Å². The van der Waals surface area contributed by atoms with Gasteiger partial charge in [0, 0.05) is 19.7 Å². The van der Waals surface area contributed by atoms with Crippen LogP contribution in [0.2, 0.25) is 0 Å². The van der Waals surface area contributed by atoms with Crippen LogP contribution in [0.5, 0.6) is 0 Å². The van der Waals surface area contributed by atoms with E-state index < -0.39 is 0 Å². The van der Waals surface area contributed by atoms with E-state index >= 15 is 0 Å². The molecule has 0 aromatic heterocycles. The molecule has 76 valence electrons. The summed E-state index contributed by atoms with van der Waals surface area (Å²) in [6.45, 7) is 1.79. The molecular weight excluding hydrogens is 181 g/mol. The van der Waals surface area contributed by atoms with Crippen LogP contribution in [0.4, 0.5) is 4.39 Å². The lowest BCUT2D eigenvalue weighted by molar-refractivity contribution is 0.271. The topological polar surface area (TPSA) is 32.3 Å². The highest BCUT2D eigenvalue weighted by atomic mass is 19.1. The summed E-state index contributed by atoms with van der Waals surface area (Å²) in [6, 6.07) is 4.90. The lowest BCUT2D eigenvalue weighted by Crippen LogP contribution is -2.28. The number of hydrogen-bond donors (Lipinski definition) is 2. The maximum Gasteiger partial charge on any atom is 0.123 e. The van der Waals surface area contributed by atoms with Gasteiger partial charge in [-0.1, -0.05) is 6.07 Å². The number of aliphatic hydroxyl groups is 1. The molecule has 1 aliphatic rings. The van der Waals surface area contributed by atoms with Crippen molar-refractivity contribution in [3.8, 4) is 0 Å². The predicted molar refractivity (Wildman–Crippen MR) is 52.6 cm³/mol. The largest absolute Gasteiger partial charge is 0.396 e. The Balaban J connectivity index is 2.32. The molecule has 2 N–H and O–H groups in total. The fourth-order valence-electron chi connectivity index (χ4n) is 2.01. The third kappa shape index (κ3) is 1.79. The molecule has 1 aromatic rings. The maximum atomic E-state index is 13.0. The van der Waals surface area contributed by atoms with Crippen LogP contribution in [0.1, 0.15) is 23.5 Å². The van der Waals surface area contributed by atoms with Crippen molar-refractivity contribution in [2.45, 2.75) is 18.9 Å². The van der Waals surface area contributed by atoms with Crippen LogP contribution in [0.3, 0.4) is 0 Å². The second kappa shape index (κ2) is 4.07. The second-order valence-corrected chi connectivity index (χ2v) is 3.68. The number of nitrogens with one attached hydrogen (secondary N) is 1. The summed E-state index contributed by atoms with van der Waals surface area (Å²) >= 11 is 0. The molecule has 0 saturated heterocycles. The zero-order valence-electron chi connectivity index (χ0n) is 7.96. The Kier molecular flexibility index (Phi) is 2.79. The van der Waals surface area contributed by atoms with Gasteiger partial charge in [0.2, 0.25) is 0 Å². The van der Waals surface area contributed by atoms with Gasteiger partial charge >= 0.3 is 0 Å². The normalized spacial score (nSPS) is 20.6. The third-order valence-corrected chi connectivity index (χ3v) is 2.73. The number of benzene rings is 1. The Morgan fingerprint density at radius 2 is 2.36 bits per heavy atom. The smallest absolute Gasteiger partial charge is 0.123 e. The molecule has 0 amide bonds. The Morgan fingerprint density at radius 3 is 3.14 bits per heavy atom. The minimum atomic E-state index is -0.186. The summed E-state index contributed by atoms with van der Waals surface area (Å²) in [5.74, 6) is 0.0630. The summed E-state index contributed by atoms with van der Waals surface area (Å²) < 4.78 is 13.0. The molecule has 0 spiro atoms. The van der Waals surface area contributed by atoms with Gasteiger partial charge in [0.05, 0.1) is 0 Å². The van der Waals surface area contributed by atoms with E-state index in [-0.39, 0.29) is 18.3 Å². The summed E-state index contributed by atoms with van der Waals surface area (Å²) in [5, 5.41) is 12.2. The van der Waals surface area contributed by atoms with Gasteiger partial charge in [-0.05, 0) is 35.6 Å². The Labute approximate surface area is 82.8 Å². The Hall–Kier alpha value is -0.930. The minimum absolute atomic E-state index is 0.155. The molecule has 14 heavy (non-hydrogen) atoms. The van der Waals surface area contributed by atoms with Crippen molar-refractivity contribution in [2.75, 3.05) is 13.2 Å². The molecule has 0 fully saturated rings. The van der Waals surface area contributed by atoms with E-state index in [1.54, 1.807) is 6.07 Å². The second-order valence-electron chi connectivity index (χ2n) is 3.68. The van der Waals surface area contributed by atoms with E-state index in [0.29, 0.717) is 6.42 Å². The van der Waals surface area contributed by atoms with Gasteiger partial charge < -0.3 is 10.4 Å². The number of aliphatic hydroxyl groups excluding tert-OH is 1. The monoisotopic (exact) mass is 195 g/mol. The summed E-state index contributed by atoms with van der Waals surface area (Å²) in [5.41, 5.74) is 2.20. The van der Waals surface area contributed by atoms with Crippen molar-refractivity contribution >= 4 is 0 Å². The molecular formula is C11H14FNO. The number of halogens is 1. The minimum Gasteiger partial charge on any atom is -0.396 e. The number of rotatable bonds is 2. The van der Waals surface area contributed by atoms with Crippen LogP contribution in [0, 0.1) is 5.82 Å². The van der Waals surface area contributed by atoms with Crippen LogP contribution < -0.4 is 5.32 Å². The van der Waals surface area contributed by atoms with Gasteiger partial charge in [0.1, 0.15) is 5.82 Å². The van der Waals surface area contributed by atoms with Crippen molar-refractivity contribution in [1.82, 2.24) is 5.32 Å². The first-order valence-electron chi connectivity index (χ1n) is 4.91. The van der Waals surface area contributed by atoms with E-state index in [2.05, 4.69) is 5.32 Å². The average Bonchev–Trinajstić information content (AvgIpc) is 2.19. The van der Waals surface area contributed by atoms with E-state index in [0.717, 1.165) is 24.2 Å². The fourth-order valence-corrected chi connectivity index (χ4v) is 2.01.